The molecule has 4 aromatic heterocycles. The molecule has 1 atom stereocenters. The standard InChI is InChI=1S/C27H20FN7O2S/c1-15(34-24-23-25(32-13-31-24)38-14-33-23)21-9-16-5-3-8-20(17-11-29-27(37-2)30-12-17)22(16)26(36)35(21)19-7-4-6-18(28)10-19/h3-15H,1-2H3,(H,31,32,34). The van der Waals surface area contributed by atoms with E-state index in [0.29, 0.717) is 39.2 Å². The minimum Gasteiger partial charge on any atom is -0.467 e. The summed E-state index contributed by atoms with van der Waals surface area (Å²) in [5.41, 5.74) is 4.40. The second kappa shape index (κ2) is 9.60. The summed E-state index contributed by atoms with van der Waals surface area (Å²) in [6.45, 7) is 1.91. The van der Waals surface area contributed by atoms with Crippen LogP contribution < -0.4 is 15.6 Å². The Hall–Kier alpha value is -4.77. The highest BCUT2D eigenvalue weighted by atomic mass is 32.1. The molecule has 0 saturated heterocycles. The van der Waals surface area contributed by atoms with Gasteiger partial charge in [0.1, 0.15) is 22.5 Å². The zero-order valence-corrected chi connectivity index (χ0v) is 21.1. The van der Waals surface area contributed by atoms with Gasteiger partial charge in [-0.1, -0.05) is 24.3 Å². The van der Waals surface area contributed by atoms with Crippen LogP contribution in [0.15, 0.2) is 77.6 Å². The summed E-state index contributed by atoms with van der Waals surface area (Å²) in [4.78, 5) is 36.4. The minimum absolute atomic E-state index is 0.229. The van der Waals surface area contributed by atoms with Crippen molar-refractivity contribution in [3.05, 3.63) is 94.6 Å². The van der Waals surface area contributed by atoms with Crippen LogP contribution in [0, 0.1) is 5.82 Å². The first kappa shape index (κ1) is 23.6. The van der Waals surface area contributed by atoms with Crippen LogP contribution in [0.2, 0.25) is 0 Å². The van der Waals surface area contributed by atoms with Gasteiger partial charge in [0.15, 0.2) is 5.82 Å². The predicted octanol–water partition coefficient (Wildman–Crippen LogP) is 5.17. The molecule has 0 aliphatic carbocycles. The average Bonchev–Trinajstić information content (AvgIpc) is 3.43. The highest BCUT2D eigenvalue weighted by Crippen LogP contribution is 2.31. The van der Waals surface area contributed by atoms with Gasteiger partial charge >= 0.3 is 6.01 Å². The Morgan fingerprint density at radius 2 is 1.84 bits per heavy atom. The van der Waals surface area contributed by atoms with Crippen LogP contribution in [-0.2, 0) is 0 Å². The van der Waals surface area contributed by atoms with E-state index in [2.05, 4.69) is 30.2 Å². The summed E-state index contributed by atoms with van der Waals surface area (Å²) in [5.74, 6) is 0.101. The van der Waals surface area contributed by atoms with E-state index >= 15 is 0 Å². The molecule has 0 radical (unpaired) electrons. The molecule has 0 fully saturated rings. The van der Waals surface area contributed by atoms with Gasteiger partial charge in [-0.05, 0) is 42.1 Å². The summed E-state index contributed by atoms with van der Waals surface area (Å²) in [5, 5.41) is 4.56. The van der Waals surface area contributed by atoms with Gasteiger partial charge in [-0.25, -0.2) is 29.3 Å². The third kappa shape index (κ3) is 4.12. The highest BCUT2D eigenvalue weighted by Gasteiger charge is 2.20. The summed E-state index contributed by atoms with van der Waals surface area (Å²) >= 11 is 1.41. The van der Waals surface area contributed by atoms with Gasteiger partial charge in [-0.2, -0.15) is 0 Å². The number of thiazole rings is 1. The van der Waals surface area contributed by atoms with E-state index in [9.17, 15) is 9.18 Å². The van der Waals surface area contributed by atoms with Crippen molar-refractivity contribution < 1.29 is 9.13 Å². The fraction of sp³-hybridized carbons (Fsp3) is 0.111. The molecule has 1 unspecified atom stereocenters. The van der Waals surface area contributed by atoms with Gasteiger partial charge in [-0.3, -0.25) is 9.36 Å². The van der Waals surface area contributed by atoms with Crippen molar-refractivity contribution in [1.29, 1.82) is 0 Å². The van der Waals surface area contributed by atoms with E-state index in [-0.39, 0.29) is 11.6 Å². The number of anilines is 1. The van der Waals surface area contributed by atoms with Gasteiger partial charge in [0.05, 0.1) is 29.7 Å². The zero-order chi connectivity index (χ0) is 26.2. The lowest BCUT2D eigenvalue weighted by Crippen LogP contribution is -2.26. The molecule has 0 amide bonds. The van der Waals surface area contributed by atoms with Crippen LogP contribution in [-0.4, -0.2) is 36.6 Å². The third-order valence-electron chi connectivity index (χ3n) is 6.20. The number of nitrogens with one attached hydrogen (secondary N) is 1. The number of methoxy groups -OCH3 is 1. The van der Waals surface area contributed by atoms with Crippen LogP contribution in [0.25, 0.3) is 37.9 Å². The molecule has 0 saturated carbocycles. The van der Waals surface area contributed by atoms with E-state index in [0.717, 1.165) is 10.2 Å². The van der Waals surface area contributed by atoms with Crippen LogP contribution >= 0.6 is 11.3 Å². The Labute approximate surface area is 219 Å². The third-order valence-corrected chi connectivity index (χ3v) is 6.93. The maximum absolute atomic E-state index is 14.3. The van der Waals surface area contributed by atoms with Crippen LogP contribution in [0.4, 0.5) is 10.2 Å². The lowest BCUT2D eigenvalue weighted by molar-refractivity contribution is 0.380. The molecule has 38 heavy (non-hydrogen) atoms. The second-order valence-electron chi connectivity index (χ2n) is 8.51. The molecule has 4 heterocycles. The number of aromatic nitrogens is 6. The number of hydrogen-bond acceptors (Lipinski definition) is 9. The zero-order valence-electron chi connectivity index (χ0n) is 20.3. The van der Waals surface area contributed by atoms with Gasteiger partial charge < -0.3 is 10.1 Å². The maximum atomic E-state index is 14.3. The first-order valence-corrected chi connectivity index (χ1v) is 12.5. The van der Waals surface area contributed by atoms with Gasteiger partial charge in [0.2, 0.25) is 0 Å². The predicted molar refractivity (Wildman–Crippen MR) is 144 cm³/mol. The highest BCUT2D eigenvalue weighted by molar-refractivity contribution is 7.16. The van der Waals surface area contributed by atoms with E-state index in [4.69, 9.17) is 4.74 Å². The number of halogens is 1. The van der Waals surface area contributed by atoms with Crippen molar-refractivity contribution >= 4 is 38.3 Å². The van der Waals surface area contributed by atoms with Crippen LogP contribution in [0.3, 0.4) is 0 Å². The van der Waals surface area contributed by atoms with Crippen molar-refractivity contribution in [3.8, 4) is 22.8 Å². The summed E-state index contributed by atoms with van der Waals surface area (Å²) in [6.07, 6.45) is 4.69. The average molecular weight is 526 g/mol. The summed E-state index contributed by atoms with van der Waals surface area (Å²) in [6, 6.07) is 13.3. The maximum Gasteiger partial charge on any atom is 0.316 e. The number of ether oxygens (including phenoxy) is 1. The number of pyridine rings is 1. The Bertz CT molecular complexity index is 1850. The molecule has 188 valence electrons. The first-order chi connectivity index (χ1) is 18.5. The van der Waals surface area contributed by atoms with E-state index in [1.807, 2.05) is 31.2 Å². The number of fused-ring (bicyclic) bond motifs is 2. The van der Waals surface area contributed by atoms with Crippen molar-refractivity contribution in [2.24, 2.45) is 0 Å². The minimum atomic E-state index is -0.446. The van der Waals surface area contributed by atoms with E-state index in [1.54, 1.807) is 30.0 Å². The monoisotopic (exact) mass is 525 g/mol. The quantitative estimate of drug-likeness (QED) is 0.317. The number of rotatable bonds is 6. The molecule has 11 heteroatoms. The molecule has 0 spiro atoms. The Kier molecular flexibility index (Phi) is 5.97. The Balaban J connectivity index is 1.57. The first-order valence-electron chi connectivity index (χ1n) is 11.6. The largest absolute Gasteiger partial charge is 0.467 e. The molecule has 1 N–H and O–H groups in total. The summed E-state index contributed by atoms with van der Waals surface area (Å²) in [7, 11) is 1.49. The molecule has 9 nitrogen and oxygen atoms in total. The number of nitrogens with zero attached hydrogens (tertiary/aromatic N) is 6. The topological polar surface area (TPSA) is 108 Å². The smallest absolute Gasteiger partial charge is 0.316 e. The molecule has 6 aromatic rings. The van der Waals surface area contributed by atoms with Gasteiger partial charge in [0.25, 0.3) is 5.56 Å². The Morgan fingerprint density at radius 1 is 1.03 bits per heavy atom. The molecular weight excluding hydrogens is 505 g/mol. The number of benzene rings is 2. The van der Waals surface area contributed by atoms with Gasteiger partial charge in [0, 0.05) is 23.7 Å². The Morgan fingerprint density at radius 3 is 2.63 bits per heavy atom. The van der Waals surface area contributed by atoms with Crippen molar-refractivity contribution in [2.75, 3.05) is 12.4 Å². The normalized spacial score (nSPS) is 12.1. The van der Waals surface area contributed by atoms with Gasteiger partial charge in [-0.15, -0.1) is 11.3 Å². The lowest BCUT2D eigenvalue weighted by atomic mass is 9.99. The van der Waals surface area contributed by atoms with Crippen molar-refractivity contribution in [2.45, 2.75) is 13.0 Å². The molecule has 0 bridgehead atoms. The molecular formula is C27H20FN7O2S. The van der Waals surface area contributed by atoms with Crippen molar-refractivity contribution in [1.82, 2.24) is 29.5 Å². The van der Waals surface area contributed by atoms with E-state index in [1.165, 1.54) is 41.5 Å². The molecule has 0 aliphatic heterocycles. The SMILES string of the molecule is COc1ncc(-c2cccc3cc(C(C)Nc4ncnc5scnc45)n(-c4cccc(F)c4)c(=O)c23)cn1. The number of hydrogen-bond donors (Lipinski definition) is 1. The van der Waals surface area contributed by atoms with Crippen LogP contribution in [0.5, 0.6) is 6.01 Å². The van der Waals surface area contributed by atoms with E-state index < -0.39 is 11.9 Å². The van der Waals surface area contributed by atoms with Crippen LogP contribution in [0.1, 0.15) is 18.7 Å². The van der Waals surface area contributed by atoms with Crippen molar-refractivity contribution in [3.63, 3.8) is 0 Å². The molecule has 6 rings (SSSR count). The molecule has 0 aliphatic rings. The lowest BCUT2D eigenvalue weighted by Gasteiger charge is -2.22. The fourth-order valence-electron chi connectivity index (χ4n) is 4.46. The molecule has 2 aromatic carbocycles. The summed E-state index contributed by atoms with van der Waals surface area (Å²) < 4.78 is 20.9. The second-order valence-corrected chi connectivity index (χ2v) is 9.35. The fourth-order valence-corrected chi connectivity index (χ4v) is 5.09.